The number of anilines is 1. The summed E-state index contributed by atoms with van der Waals surface area (Å²) in [6, 6.07) is 6.65. The van der Waals surface area contributed by atoms with Crippen molar-refractivity contribution in [2.24, 2.45) is 0 Å². The zero-order chi connectivity index (χ0) is 21.8. The molecule has 3 aromatic rings. The Balaban J connectivity index is 1.51. The summed E-state index contributed by atoms with van der Waals surface area (Å²) in [7, 11) is 0. The van der Waals surface area contributed by atoms with Crippen LogP contribution >= 0.6 is 23.1 Å². The Morgan fingerprint density at radius 2 is 2.03 bits per heavy atom. The van der Waals surface area contributed by atoms with Crippen LogP contribution in [0.15, 0.2) is 34.9 Å². The molecule has 7 nitrogen and oxygen atoms in total. The van der Waals surface area contributed by atoms with E-state index in [1.807, 2.05) is 31.5 Å². The fourth-order valence-corrected chi connectivity index (χ4v) is 5.69. The first-order valence-corrected chi connectivity index (χ1v) is 12.8. The summed E-state index contributed by atoms with van der Waals surface area (Å²) < 4.78 is 4.13. The van der Waals surface area contributed by atoms with Gasteiger partial charge < -0.3 is 9.88 Å². The van der Waals surface area contributed by atoms with E-state index in [-0.39, 0.29) is 17.2 Å². The SMILES string of the molecule is CC(Sc1nnc(Cc2cccs2)n1C1CCCCC1)C(=O)Nc1ccnn1C(C)C. The summed E-state index contributed by atoms with van der Waals surface area (Å²) >= 11 is 3.24. The molecule has 1 amide bonds. The maximum Gasteiger partial charge on any atom is 0.238 e. The van der Waals surface area contributed by atoms with Gasteiger partial charge in [-0.2, -0.15) is 5.10 Å². The van der Waals surface area contributed by atoms with E-state index in [4.69, 9.17) is 0 Å². The number of carbonyl (C=O) groups is 1. The second-order valence-electron chi connectivity index (χ2n) is 8.32. The van der Waals surface area contributed by atoms with Crippen LogP contribution in [0.4, 0.5) is 5.82 Å². The normalized spacial score (nSPS) is 16.0. The molecule has 1 N–H and O–H groups in total. The average Bonchev–Trinajstić information content (AvgIpc) is 3.51. The smallest absolute Gasteiger partial charge is 0.238 e. The van der Waals surface area contributed by atoms with E-state index < -0.39 is 0 Å². The Morgan fingerprint density at radius 3 is 2.74 bits per heavy atom. The highest BCUT2D eigenvalue weighted by Gasteiger charge is 2.26. The fourth-order valence-electron chi connectivity index (χ4n) is 4.05. The monoisotopic (exact) mass is 458 g/mol. The van der Waals surface area contributed by atoms with Crippen LogP contribution in [-0.2, 0) is 11.2 Å². The summed E-state index contributed by atoms with van der Waals surface area (Å²) in [5.74, 6) is 1.67. The molecule has 3 aromatic heterocycles. The van der Waals surface area contributed by atoms with Crippen molar-refractivity contribution in [3.63, 3.8) is 0 Å². The molecule has 0 spiro atoms. The third kappa shape index (κ3) is 5.20. The molecule has 0 aliphatic heterocycles. The number of hydrogen-bond acceptors (Lipinski definition) is 6. The number of aromatic nitrogens is 5. The molecular formula is C22H30N6OS2. The summed E-state index contributed by atoms with van der Waals surface area (Å²) in [6.45, 7) is 6.01. The topological polar surface area (TPSA) is 77.6 Å². The first-order chi connectivity index (χ1) is 15.0. The van der Waals surface area contributed by atoms with Crippen molar-refractivity contribution in [2.45, 2.75) is 81.8 Å². The summed E-state index contributed by atoms with van der Waals surface area (Å²) in [4.78, 5) is 14.2. The molecule has 1 atom stereocenters. The highest BCUT2D eigenvalue weighted by molar-refractivity contribution is 8.00. The number of thioether (sulfide) groups is 1. The minimum Gasteiger partial charge on any atom is -0.310 e. The Labute approximate surface area is 191 Å². The van der Waals surface area contributed by atoms with E-state index in [1.165, 1.54) is 35.9 Å². The van der Waals surface area contributed by atoms with Gasteiger partial charge in [-0.1, -0.05) is 37.1 Å². The highest BCUT2D eigenvalue weighted by Crippen LogP contribution is 2.35. The lowest BCUT2D eigenvalue weighted by molar-refractivity contribution is -0.115. The second-order valence-corrected chi connectivity index (χ2v) is 10.7. The molecule has 166 valence electrons. The van der Waals surface area contributed by atoms with Crippen LogP contribution in [0.3, 0.4) is 0 Å². The number of hydrogen-bond donors (Lipinski definition) is 1. The highest BCUT2D eigenvalue weighted by atomic mass is 32.2. The van der Waals surface area contributed by atoms with Gasteiger partial charge >= 0.3 is 0 Å². The number of nitrogens with zero attached hydrogens (tertiary/aromatic N) is 5. The lowest BCUT2D eigenvalue weighted by Gasteiger charge is -2.26. The largest absolute Gasteiger partial charge is 0.310 e. The molecule has 3 heterocycles. The van der Waals surface area contributed by atoms with Crippen molar-refractivity contribution in [3.05, 3.63) is 40.5 Å². The number of thiophene rings is 1. The Bertz CT molecular complexity index is 988. The third-order valence-electron chi connectivity index (χ3n) is 5.65. The van der Waals surface area contributed by atoms with E-state index in [1.54, 1.807) is 17.5 Å². The Morgan fingerprint density at radius 1 is 1.23 bits per heavy atom. The summed E-state index contributed by atoms with van der Waals surface area (Å²) in [5, 5.41) is 19.0. The number of rotatable bonds is 8. The molecule has 0 aromatic carbocycles. The van der Waals surface area contributed by atoms with Crippen molar-refractivity contribution in [1.82, 2.24) is 24.5 Å². The van der Waals surface area contributed by atoms with E-state index in [2.05, 4.69) is 42.7 Å². The predicted molar refractivity (Wildman–Crippen MR) is 126 cm³/mol. The third-order valence-corrected chi connectivity index (χ3v) is 7.58. The van der Waals surface area contributed by atoms with Gasteiger partial charge in [0.1, 0.15) is 11.6 Å². The van der Waals surface area contributed by atoms with Crippen LogP contribution in [-0.4, -0.2) is 35.7 Å². The fraction of sp³-hybridized carbons (Fsp3) is 0.545. The van der Waals surface area contributed by atoms with E-state index in [9.17, 15) is 4.79 Å². The van der Waals surface area contributed by atoms with Gasteiger partial charge in [-0.15, -0.1) is 21.5 Å². The quantitative estimate of drug-likeness (QED) is 0.462. The molecule has 0 bridgehead atoms. The molecule has 1 aliphatic rings. The molecule has 9 heteroatoms. The van der Waals surface area contributed by atoms with E-state index >= 15 is 0 Å². The zero-order valence-electron chi connectivity index (χ0n) is 18.3. The predicted octanol–water partition coefficient (Wildman–Crippen LogP) is 5.33. The van der Waals surface area contributed by atoms with Crippen molar-refractivity contribution in [2.75, 3.05) is 5.32 Å². The second kappa shape index (κ2) is 9.99. The molecule has 1 aliphatic carbocycles. The minimum atomic E-state index is -0.295. The maximum absolute atomic E-state index is 12.9. The van der Waals surface area contributed by atoms with Crippen LogP contribution in [0.2, 0.25) is 0 Å². The first kappa shape index (κ1) is 22.1. The van der Waals surface area contributed by atoms with Gasteiger partial charge in [0, 0.05) is 29.4 Å². The molecule has 0 radical (unpaired) electrons. The van der Waals surface area contributed by atoms with Gasteiger partial charge in [0.05, 0.1) is 11.4 Å². The Hall–Kier alpha value is -2.13. The number of nitrogens with one attached hydrogen (secondary N) is 1. The van der Waals surface area contributed by atoms with Crippen LogP contribution in [0.1, 0.15) is 75.7 Å². The van der Waals surface area contributed by atoms with E-state index in [0.717, 1.165) is 36.1 Å². The van der Waals surface area contributed by atoms with Gasteiger partial charge in [-0.3, -0.25) is 4.79 Å². The van der Waals surface area contributed by atoms with Gasteiger partial charge in [0.2, 0.25) is 5.91 Å². The molecule has 4 rings (SSSR count). The first-order valence-electron chi connectivity index (χ1n) is 11.0. The minimum absolute atomic E-state index is 0.0506. The Kier molecular flexibility index (Phi) is 7.12. The van der Waals surface area contributed by atoms with Crippen molar-refractivity contribution in [3.8, 4) is 0 Å². The molecule has 0 saturated heterocycles. The van der Waals surface area contributed by atoms with Crippen LogP contribution in [0.5, 0.6) is 0 Å². The van der Waals surface area contributed by atoms with Crippen LogP contribution in [0, 0.1) is 0 Å². The summed E-state index contributed by atoms with van der Waals surface area (Å²) in [6.07, 6.45) is 8.57. The van der Waals surface area contributed by atoms with Gasteiger partial charge in [0.15, 0.2) is 5.16 Å². The number of carbonyl (C=O) groups excluding carboxylic acids is 1. The zero-order valence-corrected chi connectivity index (χ0v) is 20.0. The molecule has 1 fully saturated rings. The standard InChI is InChI=1S/C22H30N6OS2/c1-15(2)28-19(11-12-23-28)24-21(29)16(3)31-22-26-25-20(14-18-10-7-13-30-18)27(22)17-8-5-4-6-9-17/h7,10-13,15-17H,4-6,8-9,14H2,1-3H3,(H,24,29). The van der Waals surface area contributed by atoms with Gasteiger partial charge in [-0.25, -0.2) is 4.68 Å². The number of amides is 1. The summed E-state index contributed by atoms with van der Waals surface area (Å²) in [5.41, 5.74) is 0. The lowest BCUT2D eigenvalue weighted by Crippen LogP contribution is -2.25. The van der Waals surface area contributed by atoms with Crippen molar-refractivity contribution < 1.29 is 4.79 Å². The molecule has 31 heavy (non-hydrogen) atoms. The van der Waals surface area contributed by atoms with Gasteiger partial charge in [-0.05, 0) is 45.1 Å². The van der Waals surface area contributed by atoms with Crippen molar-refractivity contribution >= 4 is 34.8 Å². The van der Waals surface area contributed by atoms with E-state index in [0.29, 0.717) is 6.04 Å². The molecule has 1 saturated carbocycles. The van der Waals surface area contributed by atoms with Gasteiger partial charge in [0.25, 0.3) is 0 Å². The average molecular weight is 459 g/mol. The maximum atomic E-state index is 12.9. The van der Waals surface area contributed by atoms with Crippen molar-refractivity contribution in [1.29, 1.82) is 0 Å². The lowest BCUT2D eigenvalue weighted by atomic mass is 9.95. The van der Waals surface area contributed by atoms with Crippen LogP contribution in [0.25, 0.3) is 0 Å². The molecule has 1 unspecified atom stereocenters. The molecular weight excluding hydrogens is 428 g/mol. The van der Waals surface area contributed by atoms with Crippen LogP contribution < -0.4 is 5.32 Å².